The standard InChI is InChI=1S/C24H27N3O5/c1-15(28)26-13-17-9-3-5-12-20(23(30)27(17)21(14-26)24(31)32)25-22(29)19-11-6-8-16-7-2-4-10-18(16)19/h2,4,6-8,10-11,17,20-21H,3,5,9,12-14H2,1H3,(H,25,29)(H,31,32)/t17-,20-,21-/m0/s1. The second kappa shape index (κ2) is 8.98. The molecule has 0 unspecified atom stereocenters. The number of amides is 3. The fourth-order valence-electron chi connectivity index (χ4n) is 4.81. The van der Waals surface area contributed by atoms with E-state index in [-0.39, 0.29) is 30.3 Å². The monoisotopic (exact) mass is 437 g/mol. The number of aliphatic carboxylic acids is 1. The molecule has 32 heavy (non-hydrogen) atoms. The molecule has 0 saturated carbocycles. The molecule has 4 rings (SSSR count). The Balaban J connectivity index is 1.61. The molecule has 0 aliphatic carbocycles. The summed E-state index contributed by atoms with van der Waals surface area (Å²) in [5.41, 5.74) is 0.477. The lowest BCUT2D eigenvalue weighted by Gasteiger charge is -2.47. The van der Waals surface area contributed by atoms with Crippen LogP contribution >= 0.6 is 0 Å². The number of benzene rings is 2. The second-order valence-electron chi connectivity index (χ2n) is 8.51. The summed E-state index contributed by atoms with van der Waals surface area (Å²) in [5, 5.41) is 14.4. The van der Waals surface area contributed by atoms with Crippen molar-refractivity contribution in [3.05, 3.63) is 48.0 Å². The van der Waals surface area contributed by atoms with Crippen molar-refractivity contribution in [2.24, 2.45) is 0 Å². The van der Waals surface area contributed by atoms with Gasteiger partial charge in [0.25, 0.3) is 5.91 Å². The number of rotatable bonds is 3. The van der Waals surface area contributed by atoms with E-state index >= 15 is 0 Å². The van der Waals surface area contributed by atoms with Gasteiger partial charge in [0.2, 0.25) is 11.8 Å². The number of carbonyl (C=O) groups is 4. The molecule has 2 fully saturated rings. The average molecular weight is 437 g/mol. The van der Waals surface area contributed by atoms with Gasteiger partial charge >= 0.3 is 5.97 Å². The van der Waals surface area contributed by atoms with Crippen LogP contribution in [-0.2, 0) is 14.4 Å². The van der Waals surface area contributed by atoms with Crippen LogP contribution in [0, 0.1) is 0 Å². The van der Waals surface area contributed by atoms with Crippen LogP contribution in [0.25, 0.3) is 10.8 Å². The van der Waals surface area contributed by atoms with Crippen LogP contribution in [0.15, 0.2) is 42.5 Å². The van der Waals surface area contributed by atoms with Gasteiger partial charge in [0.15, 0.2) is 0 Å². The molecule has 2 aromatic carbocycles. The number of carboxylic acid groups (broad SMARTS) is 1. The summed E-state index contributed by atoms with van der Waals surface area (Å²) in [6, 6.07) is 10.7. The van der Waals surface area contributed by atoms with Crippen LogP contribution in [0.2, 0.25) is 0 Å². The molecule has 2 aliphatic rings. The zero-order valence-corrected chi connectivity index (χ0v) is 18.0. The van der Waals surface area contributed by atoms with Crippen LogP contribution in [-0.4, -0.2) is 69.8 Å². The van der Waals surface area contributed by atoms with Crippen LogP contribution in [0.5, 0.6) is 0 Å². The molecule has 168 valence electrons. The third kappa shape index (κ3) is 4.17. The van der Waals surface area contributed by atoms with E-state index in [2.05, 4.69) is 5.32 Å². The summed E-state index contributed by atoms with van der Waals surface area (Å²) >= 11 is 0. The summed E-state index contributed by atoms with van der Waals surface area (Å²) < 4.78 is 0. The fraction of sp³-hybridized carbons (Fsp3) is 0.417. The van der Waals surface area contributed by atoms with Crippen molar-refractivity contribution in [2.75, 3.05) is 13.1 Å². The van der Waals surface area contributed by atoms with Crippen LogP contribution < -0.4 is 5.32 Å². The molecule has 3 atom stereocenters. The van der Waals surface area contributed by atoms with Gasteiger partial charge in [0.1, 0.15) is 12.1 Å². The van der Waals surface area contributed by atoms with Gasteiger partial charge in [-0.1, -0.05) is 49.2 Å². The first-order chi connectivity index (χ1) is 15.4. The first-order valence-electron chi connectivity index (χ1n) is 11.0. The molecular weight excluding hydrogens is 410 g/mol. The average Bonchev–Trinajstić information content (AvgIpc) is 2.78. The maximum atomic E-state index is 13.5. The first-order valence-corrected chi connectivity index (χ1v) is 11.0. The number of nitrogens with zero attached hydrogens (tertiary/aromatic N) is 2. The highest BCUT2D eigenvalue weighted by Gasteiger charge is 2.44. The third-order valence-electron chi connectivity index (χ3n) is 6.46. The Morgan fingerprint density at radius 1 is 1.00 bits per heavy atom. The van der Waals surface area contributed by atoms with E-state index < -0.39 is 18.1 Å². The minimum absolute atomic E-state index is 0.0447. The highest BCUT2D eigenvalue weighted by molar-refractivity contribution is 6.08. The number of hydrogen-bond acceptors (Lipinski definition) is 4. The normalized spacial score (nSPS) is 23.8. The molecule has 0 aromatic heterocycles. The molecule has 0 bridgehead atoms. The zero-order chi connectivity index (χ0) is 22.8. The van der Waals surface area contributed by atoms with Gasteiger partial charge < -0.3 is 20.2 Å². The minimum Gasteiger partial charge on any atom is -0.480 e. The predicted molar refractivity (Wildman–Crippen MR) is 118 cm³/mol. The van der Waals surface area contributed by atoms with Gasteiger partial charge in [-0.3, -0.25) is 14.4 Å². The Morgan fingerprint density at radius 3 is 2.47 bits per heavy atom. The van der Waals surface area contributed by atoms with E-state index in [1.54, 1.807) is 12.1 Å². The van der Waals surface area contributed by atoms with E-state index in [1.165, 1.54) is 16.7 Å². The number of carboxylic acids is 1. The van der Waals surface area contributed by atoms with Crippen molar-refractivity contribution in [2.45, 2.75) is 50.7 Å². The molecule has 8 nitrogen and oxygen atoms in total. The van der Waals surface area contributed by atoms with E-state index in [0.29, 0.717) is 24.9 Å². The quantitative estimate of drug-likeness (QED) is 0.764. The topological polar surface area (TPSA) is 107 Å². The molecule has 2 aliphatic heterocycles. The fourth-order valence-corrected chi connectivity index (χ4v) is 4.81. The van der Waals surface area contributed by atoms with Gasteiger partial charge in [0.05, 0.1) is 12.6 Å². The first kappa shape index (κ1) is 21.8. The summed E-state index contributed by atoms with van der Waals surface area (Å²) in [6.45, 7) is 1.68. The van der Waals surface area contributed by atoms with E-state index in [9.17, 15) is 24.3 Å². The SMILES string of the molecule is CC(=O)N1C[C@@H]2CCCC[C@H](NC(=O)c3cccc4ccccc34)C(=O)N2[C@H](C(=O)O)C1. The maximum Gasteiger partial charge on any atom is 0.328 e. The van der Waals surface area contributed by atoms with Crippen molar-refractivity contribution in [3.63, 3.8) is 0 Å². The number of fused-ring (bicyclic) bond motifs is 2. The van der Waals surface area contributed by atoms with Gasteiger partial charge in [-0.05, 0) is 29.7 Å². The summed E-state index contributed by atoms with van der Waals surface area (Å²) in [4.78, 5) is 53.5. The van der Waals surface area contributed by atoms with Crippen molar-refractivity contribution in [3.8, 4) is 0 Å². The Hall–Kier alpha value is -3.42. The van der Waals surface area contributed by atoms with Gasteiger partial charge in [0, 0.05) is 19.0 Å². The number of nitrogens with one attached hydrogen (secondary N) is 1. The predicted octanol–water partition coefficient (Wildman–Crippen LogP) is 2.02. The maximum absolute atomic E-state index is 13.5. The lowest BCUT2D eigenvalue weighted by atomic mass is 9.93. The molecule has 2 saturated heterocycles. The molecule has 2 N–H and O–H groups in total. The smallest absolute Gasteiger partial charge is 0.328 e. The zero-order valence-electron chi connectivity index (χ0n) is 18.0. The summed E-state index contributed by atoms with van der Waals surface area (Å²) in [6.07, 6.45) is 2.59. The molecular formula is C24H27N3O5. The number of hydrogen-bond donors (Lipinski definition) is 2. The highest BCUT2D eigenvalue weighted by Crippen LogP contribution is 2.26. The van der Waals surface area contributed by atoms with Crippen LogP contribution in [0.3, 0.4) is 0 Å². The van der Waals surface area contributed by atoms with Gasteiger partial charge in [-0.2, -0.15) is 0 Å². The molecule has 8 heteroatoms. The Morgan fingerprint density at radius 2 is 1.72 bits per heavy atom. The lowest BCUT2D eigenvalue weighted by Crippen LogP contribution is -2.67. The Labute approximate surface area is 186 Å². The van der Waals surface area contributed by atoms with E-state index in [4.69, 9.17) is 0 Å². The van der Waals surface area contributed by atoms with Crippen molar-refractivity contribution < 1.29 is 24.3 Å². The van der Waals surface area contributed by atoms with Crippen molar-refractivity contribution in [1.29, 1.82) is 0 Å². The Kier molecular flexibility index (Phi) is 6.12. The Bertz CT molecular complexity index is 1060. The number of carbonyl (C=O) groups excluding carboxylic acids is 3. The third-order valence-corrected chi connectivity index (χ3v) is 6.46. The second-order valence-corrected chi connectivity index (χ2v) is 8.51. The summed E-state index contributed by atoms with van der Waals surface area (Å²) in [5.74, 6) is -2.09. The molecule has 0 spiro atoms. The van der Waals surface area contributed by atoms with Crippen molar-refractivity contribution >= 4 is 34.5 Å². The van der Waals surface area contributed by atoms with E-state index in [1.807, 2.05) is 30.3 Å². The number of piperazine rings is 1. The molecule has 2 aromatic rings. The molecule has 2 heterocycles. The van der Waals surface area contributed by atoms with Crippen molar-refractivity contribution in [1.82, 2.24) is 15.1 Å². The minimum atomic E-state index is -1.14. The largest absolute Gasteiger partial charge is 0.480 e. The van der Waals surface area contributed by atoms with Crippen LogP contribution in [0.1, 0.15) is 43.0 Å². The molecule has 3 amide bonds. The lowest BCUT2D eigenvalue weighted by molar-refractivity contribution is -0.161. The van der Waals surface area contributed by atoms with E-state index in [0.717, 1.165) is 23.6 Å². The van der Waals surface area contributed by atoms with Gasteiger partial charge in [-0.25, -0.2) is 4.79 Å². The van der Waals surface area contributed by atoms with Gasteiger partial charge in [-0.15, -0.1) is 0 Å². The highest BCUT2D eigenvalue weighted by atomic mass is 16.4. The van der Waals surface area contributed by atoms with Crippen LogP contribution in [0.4, 0.5) is 0 Å². The molecule has 0 radical (unpaired) electrons. The summed E-state index contributed by atoms with van der Waals surface area (Å²) in [7, 11) is 0.